The van der Waals surface area contributed by atoms with E-state index >= 15 is 0 Å². The van der Waals surface area contributed by atoms with E-state index in [1.54, 1.807) is 23.7 Å². The summed E-state index contributed by atoms with van der Waals surface area (Å²) in [6, 6.07) is 0. The zero-order valence-corrected chi connectivity index (χ0v) is 11.7. The fourth-order valence-corrected chi connectivity index (χ4v) is 2.45. The topological polar surface area (TPSA) is 53.9 Å². The molecule has 0 atom stereocenters. The highest BCUT2D eigenvalue weighted by Crippen LogP contribution is 2.17. The number of thiazole rings is 1. The largest absolute Gasteiger partial charge is 0.353 e. The van der Waals surface area contributed by atoms with Gasteiger partial charge in [-0.1, -0.05) is 0 Å². The number of rotatable bonds is 5. The van der Waals surface area contributed by atoms with Crippen molar-refractivity contribution in [2.45, 2.75) is 20.0 Å². The van der Waals surface area contributed by atoms with E-state index in [0.717, 1.165) is 30.3 Å². The van der Waals surface area contributed by atoms with E-state index in [-0.39, 0.29) is 0 Å². The van der Waals surface area contributed by atoms with Crippen LogP contribution in [-0.2, 0) is 13.1 Å². The van der Waals surface area contributed by atoms with Gasteiger partial charge in [0.05, 0.1) is 29.6 Å². The first-order valence-electron chi connectivity index (χ1n) is 5.76. The van der Waals surface area contributed by atoms with E-state index in [2.05, 4.69) is 25.2 Å². The number of hydrogen-bond acceptors (Lipinski definition) is 6. The molecular formula is C12H17N5S. The van der Waals surface area contributed by atoms with E-state index in [1.807, 2.05) is 26.5 Å². The smallest absolute Gasteiger partial charge is 0.147 e. The fourth-order valence-electron chi connectivity index (χ4n) is 1.62. The molecule has 0 saturated heterocycles. The van der Waals surface area contributed by atoms with Gasteiger partial charge in [-0.25, -0.2) is 9.97 Å². The molecule has 18 heavy (non-hydrogen) atoms. The molecule has 0 aliphatic carbocycles. The van der Waals surface area contributed by atoms with Gasteiger partial charge in [-0.05, 0) is 14.0 Å². The minimum atomic E-state index is 0.730. The lowest BCUT2D eigenvalue weighted by atomic mass is 10.3. The molecule has 0 radical (unpaired) electrons. The highest BCUT2D eigenvalue weighted by atomic mass is 32.1. The Morgan fingerprint density at radius 2 is 2.22 bits per heavy atom. The Bertz CT molecular complexity index is 511. The third-order valence-electron chi connectivity index (χ3n) is 2.65. The van der Waals surface area contributed by atoms with Gasteiger partial charge in [0.15, 0.2) is 0 Å². The average Bonchev–Trinajstić information content (AvgIpc) is 2.76. The minimum absolute atomic E-state index is 0.730. The van der Waals surface area contributed by atoms with Crippen molar-refractivity contribution in [3.8, 4) is 0 Å². The van der Waals surface area contributed by atoms with Gasteiger partial charge in [-0.2, -0.15) is 0 Å². The normalized spacial score (nSPS) is 10.6. The van der Waals surface area contributed by atoms with Crippen LogP contribution < -0.4 is 10.2 Å². The van der Waals surface area contributed by atoms with E-state index in [4.69, 9.17) is 0 Å². The molecule has 0 amide bonds. The van der Waals surface area contributed by atoms with Crippen LogP contribution in [0.3, 0.4) is 0 Å². The van der Waals surface area contributed by atoms with Crippen LogP contribution in [-0.4, -0.2) is 29.0 Å². The minimum Gasteiger partial charge on any atom is -0.353 e. The van der Waals surface area contributed by atoms with Crippen LogP contribution in [0.2, 0.25) is 0 Å². The number of nitrogens with zero attached hydrogens (tertiary/aromatic N) is 4. The Morgan fingerprint density at radius 1 is 1.39 bits per heavy atom. The molecule has 0 spiro atoms. The summed E-state index contributed by atoms with van der Waals surface area (Å²) in [4.78, 5) is 16.4. The second-order valence-corrected chi connectivity index (χ2v) is 5.06. The number of anilines is 1. The van der Waals surface area contributed by atoms with Gasteiger partial charge < -0.3 is 10.2 Å². The Morgan fingerprint density at radius 3 is 2.89 bits per heavy atom. The lowest BCUT2D eigenvalue weighted by molar-refractivity contribution is 0.775. The summed E-state index contributed by atoms with van der Waals surface area (Å²) in [5.74, 6) is 0.885. The maximum Gasteiger partial charge on any atom is 0.147 e. The van der Waals surface area contributed by atoms with E-state index in [0.29, 0.717) is 0 Å². The first kappa shape index (κ1) is 12.9. The number of hydrogen-bond donors (Lipinski definition) is 1. The first-order valence-corrected chi connectivity index (χ1v) is 6.64. The van der Waals surface area contributed by atoms with Crippen molar-refractivity contribution in [3.63, 3.8) is 0 Å². The molecule has 2 aromatic rings. The predicted octanol–water partition coefficient (Wildman–Crippen LogP) is 1.60. The van der Waals surface area contributed by atoms with Crippen LogP contribution in [0.25, 0.3) is 0 Å². The quantitative estimate of drug-likeness (QED) is 0.888. The van der Waals surface area contributed by atoms with Crippen molar-refractivity contribution >= 4 is 17.2 Å². The van der Waals surface area contributed by atoms with Crippen molar-refractivity contribution in [2.75, 3.05) is 19.0 Å². The summed E-state index contributed by atoms with van der Waals surface area (Å²) in [5, 5.41) is 3.08. The molecule has 6 heteroatoms. The molecule has 2 heterocycles. The third-order valence-corrected chi connectivity index (χ3v) is 3.57. The summed E-state index contributed by atoms with van der Waals surface area (Å²) in [6.45, 7) is 3.57. The maximum absolute atomic E-state index is 4.56. The van der Waals surface area contributed by atoms with Crippen molar-refractivity contribution in [1.82, 2.24) is 20.3 Å². The molecule has 1 N–H and O–H groups in total. The SMILES string of the molecule is CNCc1cncc(N(C)Cc2scnc2C)n1. The Labute approximate surface area is 111 Å². The molecule has 0 saturated carbocycles. The standard InChI is InChI=1S/C12H17N5S/c1-9-11(18-8-15-9)7-17(3)12-6-14-5-10(16-12)4-13-2/h5-6,8,13H,4,7H2,1-3H3. The van der Waals surface area contributed by atoms with Gasteiger partial charge in [0, 0.05) is 24.7 Å². The highest BCUT2D eigenvalue weighted by Gasteiger charge is 2.08. The Balaban J connectivity index is 2.11. The second kappa shape index (κ2) is 5.88. The van der Waals surface area contributed by atoms with Crippen LogP contribution in [0, 0.1) is 6.92 Å². The molecule has 2 rings (SSSR count). The van der Waals surface area contributed by atoms with Gasteiger partial charge in [0.2, 0.25) is 0 Å². The third kappa shape index (κ3) is 3.02. The summed E-state index contributed by atoms with van der Waals surface area (Å²) in [5.41, 5.74) is 3.91. The van der Waals surface area contributed by atoms with E-state index in [9.17, 15) is 0 Å². The molecular weight excluding hydrogens is 246 g/mol. The average molecular weight is 263 g/mol. The first-order chi connectivity index (χ1) is 8.70. The van der Waals surface area contributed by atoms with Gasteiger partial charge in [-0.3, -0.25) is 4.98 Å². The summed E-state index contributed by atoms with van der Waals surface area (Å²) in [6.07, 6.45) is 3.57. The maximum atomic E-state index is 4.56. The molecule has 0 bridgehead atoms. The number of nitrogens with one attached hydrogen (secondary N) is 1. The molecule has 0 aliphatic rings. The van der Waals surface area contributed by atoms with Crippen molar-refractivity contribution in [2.24, 2.45) is 0 Å². The zero-order chi connectivity index (χ0) is 13.0. The van der Waals surface area contributed by atoms with Crippen LogP contribution in [0.15, 0.2) is 17.9 Å². The van der Waals surface area contributed by atoms with E-state index < -0.39 is 0 Å². The molecule has 2 aromatic heterocycles. The molecule has 5 nitrogen and oxygen atoms in total. The summed E-state index contributed by atoms with van der Waals surface area (Å²) >= 11 is 1.67. The Kier molecular flexibility index (Phi) is 4.22. The fraction of sp³-hybridized carbons (Fsp3) is 0.417. The monoisotopic (exact) mass is 263 g/mol. The molecule has 0 aromatic carbocycles. The summed E-state index contributed by atoms with van der Waals surface area (Å²) in [7, 11) is 3.92. The molecule has 0 unspecified atom stereocenters. The van der Waals surface area contributed by atoms with Gasteiger partial charge in [0.25, 0.3) is 0 Å². The zero-order valence-electron chi connectivity index (χ0n) is 10.8. The highest BCUT2D eigenvalue weighted by molar-refractivity contribution is 7.09. The lowest BCUT2D eigenvalue weighted by Gasteiger charge is -2.17. The lowest BCUT2D eigenvalue weighted by Crippen LogP contribution is -2.19. The molecule has 0 fully saturated rings. The van der Waals surface area contributed by atoms with Crippen LogP contribution >= 0.6 is 11.3 Å². The predicted molar refractivity (Wildman–Crippen MR) is 73.8 cm³/mol. The van der Waals surface area contributed by atoms with Crippen LogP contribution in [0.5, 0.6) is 0 Å². The second-order valence-electron chi connectivity index (χ2n) is 4.12. The van der Waals surface area contributed by atoms with Gasteiger partial charge >= 0.3 is 0 Å². The van der Waals surface area contributed by atoms with Crippen molar-refractivity contribution in [3.05, 3.63) is 34.2 Å². The van der Waals surface area contributed by atoms with E-state index in [1.165, 1.54) is 4.88 Å². The Hall–Kier alpha value is -1.53. The van der Waals surface area contributed by atoms with Crippen LogP contribution in [0.4, 0.5) is 5.82 Å². The molecule has 0 aliphatic heterocycles. The number of aryl methyl sites for hydroxylation is 1. The molecule has 96 valence electrons. The van der Waals surface area contributed by atoms with Crippen molar-refractivity contribution in [1.29, 1.82) is 0 Å². The van der Waals surface area contributed by atoms with Gasteiger partial charge in [-0.15, -0.1) is 11.3 Å². The van der Waals surface area contributed by atoms with Gasteiger partial charge in [0.1, 0.15) is 5.82 Å². The van der Waals surface area contributed by atoms with Crippen molar-refractivity contribution < 1.29 is 0 Å². The summed E-state index contributed by atoms with van der Waals surface area (Å²) < 4.78 is 0. The van der Waals surface area contributed by atoms with Crippen LogP contribution in [0.1, 0.15) is 16.3 Å². The number of aromatic nitrogens is 3.